The Morgan fingerprint density at radius 3 is 1.28 bits per heavy atom. The predicted octanol–water partition coefficient (Wildman–Crippen LogP) is 8.46. The Morgan fingerprint density at radius 2 is 1.00 bits per heavy atom. The summed E-state index contributed by atoms with van der Waals surface area (Å²) < 4.78 is 24.9. The van der Waals surface area contributed by atoms with E-state index < -0.39 is 16.6 Å². The lowest BCUT2D eigenvalue weighted by atomic mass is 9.88. The molecule has 2 aromatic rings. The van der Waals surface area contributed by atoms with E-state index in [4.69, 9.17) is 18.3 Å². The van der Waals surface area contributed by atoms with Gasteiger partial charge in [-0.25, -0.2) is 0 Å². The highest BCUT2D eigenvalue weighted by atomic mass is 28.4. The third-order valence-corrected chi connectivity index (χ3v) is 7.70. The zero-order valence-corrected chi connectivity index (χ0v) is 26.2. The molecule has 0 saturated heterocycles. The van der Waals surface area contributed by atoms with Crippen molar-refractivity contribution in [1.82, 2.24) is 0 Å². The molecule has 0 N–H and O–H groups in total. The molecule has 2 unspecified atom stereocenters. The number of ether oxygens (including phenoxy) is 2. The SMILES string of the molecule is CCC(Cc1cccc(OC)c1)/C(O[Si](C)(C)C)=C(\O[Si](C)(C)C)C(CC)Cc1cccc(OC)c1. The zero-order valence-electron chi connectivity index (χ0n) is 24.2. The lowest BCUT2D eigenvalue weighted by molar-refractivity contribution is 0.247. The standard InChI is InChI=1S/C30H48O4Si2/c1-11-25(19-23-15-13-17-27(21-23)31-3)29(33-35(5,6)7)30(34-36(8,9)10)26(12-2)20-24-16-14-18-28(22-24)32-4/h13-18,21-22,25-26H,11-12,19-20H2,1-10H3/b30-29+. The minimum absolute atomic E-state index is 0.231. The highest BCUT2D eigenvalue weighted by molar-refractivity contribution is 6.70. The molecule has 0 amide bonds. The van der Waals surface area contributed by atoms with E-state index in [1.807, 2.05) is 12.1 Å². The summed E-state index contributed by atoms with van der Waals surface area (Å²) in [5.74, 6) is 4.38. The predicted molar refractivity (Wildman–Crippen MR) is 157 cm³/mol. The number of hydrogen-bond acceptors (Lipinski definition) is 4. The van der Waals surface area contributed by atoms with Gasteiger partial charge in [-0.2, -0.15) is 0 Å². The van der Waals surface area contributed by atoms with Crippen LogP contribution in [-0.4, -0.2) is 30.9 Å². The molecule has 0 radical (unpaired) electrons. The second kappa shape index (κ2) is 13.4. The molecular weight excluding hydrogens is 480 g/mol. The minimum atomic E-state index is -1.91. The monoisotopic (exact) mass is 528 g/mol. The van der Waals surface area contributed by atoms with Crippen LogP contribution in [0.2, 0.25) is 39.3 Å². The molecule has 2 aromatic carbocycles. The zero-order chi connectivity index (χ0) is 26.9. The van der Waals surface area contributed by atoms with Crippen LogP contribution < -0.4 is 9.47 Å². The van der Waals surface area contributed by atoms with E-state index in [-0.39, 0.29) is 11.8 Å². The number of benzene rings is 2. The van der Waals surface area contributed by atoms with E-state index in [2.05, 4.69) is 89.5 Å². The number of hydrogen-bond donors (Lipinski definition) is 0. The molecule has 36 heavy (non-hydrogen) atoms. The van der Waals surface area contributed by atoms with Gasteiger partial charge in [-0.1, -0.05) is 38.1 Å². The highest BCUT2D eigenvalue weighted by Crippen LogP contribution is 2.36. The molecule has 0 spiro atoms. The van der Waals surface area contributed by atoms with Gasteiger partial charge in [0.15, 0.2) is 0 Å². The van der Waals surface area contributed by atoms with Crippen LogP contribution >= 0.6 is 0 Å². The van der Waals surface area contributed by atoms with Gasteiger partial charge in [0.25, 0.3) is 0 Å². The normalized spacial score (nSPS) is 14.5. The van der Waals surface area contributed by atoms with Gasteiger partial charge >= 0.3 is 0 Å². The van der Waals surface area contributed by atoms with Crippen molar-refractivity contribution in [2.24, 2.45) is 11.8 Å². The minimum Gasteiger partial charge on any atom is -0.545 e. The van der Waals surface area contributed by atoms with E-state index in [0.29, 0.717) is 0 Å². The van der Waals surface area contributed by atoms with Gasteiger partial charge in [0.05, 0.1) is 14.2 Å². The van der Waals surface area contributed by atoms with E-state index in [1.165, 1.54) is 11.1 Å². The van der Waals surface area contributed by atoms with Crippen LogP contribution in [0.15, 0.2) is 60.0 Å². The molecule has 0 heterocycles. The second-order valence-corrected chi connectivity index (χ2v) is 20.3. The first kappa shape index (κ1) is 30.0. The Balaban J connectivity index is 2.62. The van der Waals surface area contributed by atoms with Crippen molar-refractivity contribution in [2.75, 3.05) is 14.2 Å². The van der Waals surface area contributed by atoms with Crippen molar-refractivity contribution in [3.63, 3.8) is 0 Å². The average Bonchev–Trinajstić information content (AvgIpc) is 2.82. The smallest absolute Gasteiger partial charge is 0.241 e. The van der Waals surface area contributed by atoms with Gasteiger partial charge < -0.3 is 18.3 Å². The van der Waals surface area contributed by atoms with Crippen molar-refractivity contribution < 1.29 is 18.3 Å². The number of rotatable bonds is 14. The Labute approximate surface area is 222 Å². The Kier molecular flexibility index (Phi) is 11.2. The van der Waals surface area contributed by atoms with Crippen LogP contribution in [0.25, 0.3) is 0 Å². The fraction of sp³-hybridized carbons (Fsp3) is 0.533. The van der Waals surface area contributed by atoms with Crippen LogP contribution in [0.1, 0.15) is 37.8 Å². The van der Waals surface area contributed by atoms with Crippen molar-refractivity contribution in [3.05, 3.63) is 71.2 Å². The number of methoxy groups -OCH3 is 2. The summed E-state index contributed by atoms with van der Waals surface area (Å²) >= 11 is 0. The summed E-state index contributed by atoms with van der Waals surface area (Å²) in [6, 6.07) is 16.8. The molecule has 2 rings (SSSR count). The van der Waals surface area contributed by atoms with Crippen LogP contribution in [0.4, 0.5) is 0 Å². The molecule has 0 aliphatic carbocycles. The van der Waals surface area contributed by atoms with Gasteiger partial charge in [0.2, 0.25) is 16.6 Å². The quantitative estimate of drug-likeness (QED) is 0.182. The maximum Gasteiger partial charge on any atom is 0.241 e. The second-order valence-electron chi connectivity index (χ2n) is 11.5. The maximum atomic E-state index is 6.95. The third-order valence-electron chi connectivity index (χ3n) is 6.03. The molecule has 0 aromatic heterocycles. The Morgan fingerprint density at radius 1 is 0.639 bits per heavy atom. The summed E-state index contributed by atoms with van der Waals surface area (Å²) in [7, 11) is -0.365. The van der Waals surface area contributed by atoms with Gasteiger partial charge in [-0.15, -0.1) is 0 Å². The third kappa shape index (κ3) is 9.70. The molecule has 0 saturated carbocycles. The lowest BCUT2D eigenvalue weighted by Gasteiger charge is -2.35. The summed E-state index contributed by atoms with van der Waals surface area (Å²) in [5.41, 5.74) is 2.51. The molecule has 2 atom stereocenters. The first-order chi connectivity index (χ1) is 16.9. The summed E-state index contributed by atoms with van der Waals surface area (Å²) in [6.45, 7) is 18.1. The summed E-state index contributed by atoms with van der Waals surface area (Å²) in [4.78, 5) is 0. The van der Waals surface area contributed by atoms with Crippen molar-refractivity contribution in [3.8, 4) is 11.5 Å². The van der Waals surface area contributed by atoms with Gasteiger partial charge in [0.1, 0.15) is 23.0 Å². The molecule has 6 heteroatoms. The molecule has 0 bridgehead atoms. The molecule has 200 valence electrons. The van der Waals surface area contributed by atoms with Gasteiger partial charge in [-0.05, 0) is 100 Å². The Bertz CT molecular complexity index is 909. The van der Waals surface area contributed by atoms with Crippen molar-refractivity contribution >= 4 is 16.6 Å². The molecule has 0 fully saturated rings. The van der Waals surface area contributed by atoms with Gasteiger partial charge in [0, 0.05) is 11.8 Å². The average molecular weight is 529 g/mol. The van der Waals surface area contributed by atoms with Crippen LogP contribution in [-0.2, 0) is 21.7 Å². The van der Waals surface area contributed by atoms with E-state index in [1.54, 1.807) is 14.2 Å². The molecule has 0 aliphatic heterocycles. The largest absolute Gasteiger partial charge is 0.545 e. The van der Waals surface area contributed by atoms with Crippen molar-refractivity contribution in [2.45, 2.75) is 78.8 Å². The summed E-state index contributed by atoms with van der Waals surface area (Å²) in [5, 5.41) is 0. The highest BCUT2D eigenvalue weighted by Gasteiger charge is 2.32. The van der Waals surface area contributed by atoms with E-state index in [0.717, 1.165) is 48.7 Å². The van der Waals surface area contributed by atoms with Crippen LogP contribution in [0, 0.1) is 11.8 Å². The summed E-state index contributed by atoms with van der Waals surface area (Å²) in [6.07, 6.45) is 3.74. The van der Waals surface area contributed by atoms with Gasteiger partial charge in [-0.3, -0.25) is 0 Å². The fourth-order valence-electron chi connectivity index (χ4n) is 4.34. The van der Waals surface area contributed by atoms with Crippen LogP contribution in [0.3, 0.4) is 0 Å². The first-order valence-electron chi connectivity index (χ1n) is 13.3. The van der Waals surface area contributed by atoms with E-state index in [9.17, 15) is 0 Å². The maximum absolute atomic E-state index is 6.95. The molecule has 0 aliphatic rings. The molecule has 4 nitrogen and oxygen atoms in total. The fourth-order valence-corrected chi connectivity index (χ4v) is 6.20. The topological polar surface area (TPSA) is 36.9 Å². The first-order valence-corrected chi connectivity index (χ1v) is 20.1. The molecular formula is C30H48O4Si2. The van der Waals surface area contributed by atoms with E-state index >= 15 is 0 Å². The Hall–Kier alpha value is -2.19. The van der Waals surface area contributed by atoms with Crippen LogP contribution in [0.5, 0.6) is 11.5 Å². The van der Waals surface area contributed by atoms with Crippen molar-refractivity contribution in [1.29, 1.82) is 0 Å². The number of allylic oxidation sites excluding steroid dienone is 2. The lowest BCUT2D eigenvalue weighted by Crippen LogP contribution is -2.34.